The van der Waals surface area contributed by atoms with Gasteiger partial charge in [0.25, 0.3) is 0 Å². The van der Waals surface area contributed by atoms with Crippen LogP contribution in [0.3, 0.4) is 0 Å². The normalized spacial score (nSPS) is 13.5. The number of aliphatic carboxylic acids is 2. The topological polar surface area (TPSA) is 104 Å². The average Bonchev–Trinajstić information content (AvgIpc) is 2.98. The summed E-state index contributed by atoms with van der Waals surface area (Å²) in [4.78, 5) is 27.2. The summed E-state index contributed by atoms with van der Waals surface area (Å²) in [5.74, 6) is -2.63. The predicted molar refractivity (Wildman–Crippen MR) is 102 cm³/mol. The van der Waals surface area contributed by atoms with E-state index >= 15 is 0 Å². The molecule has 1 aromatic carbocycles. The summed E-state index contributed by atoms with van der Waals surface area (Å²) in [6.45, 7) is 3.99. The molecule has 28 heavy (non-hydrogen) atoms. The number of carbonyl (C=O) groups is 2. The third kappa shape index (κ3) is 6.31. The molecule has 0 fully saturated rings. The molecule has 1 heterocycles. The number of carboxylic acid groups (broad SMARTS) is 2. The minimum Gasteiger partial charge on any atom is -0.480 e. The molecule has 0 saturated carbocycles. The number of carboxylic acids is 2. The predicted octanol–water partition coefficient (Wildman–Crippen LogP) is 2.81. The van der Waals surface area contributed by atoms with Crippen LogP contribution < -0.4 is 5.32 Å². The van der Waals surface area contributed by atoms with Gasteiger partial charge in [0.15, 0.2) is 0 Å². The van der Waals surface area contributed by atoms with Crippen LogP contribution >= 0.6 is 11.6 Å². The van der Waals surface area contributed by atoms with E-state index in [4.69, 9.17) is 11.6 Å². The van der Waals surface area contributed by atoms with Crippen LogP contribution in [-0.4, -0.2) is 43.8 Å². The van der Waals surface area contributed by atoms with Gasteiger partial charge in [-0.15, -0.1) is 0 Å². The summed E-state index contributed by atoms with van der Waals surface area (Å²) < 4.78 is 15.2. The van der Waals surface area contributed by atoms with Crippen molar-refractivity contribution in [2.45, 2.75) is 45.3 Å². The number of rotatable bonds is 10. The highest BCUT2D eigenvalue weighted by atomic mass is 35.5. The van der Waals surface area contributed by atoms with Gasteiger partial charge in [-0.3, -0.25) is 14.9 Å². The minimum atomic E-state index is -1.16. The first kappa shape index (κ1) is 21.8. The van der Waals surface area contributed by atoms with Gasteiger partial charge in [0.2, 0.25) is 0 Å². The second-order valence-corrected chi connectivity index (χ2v) is 7.51. The number of nitrogens with zero attached hydrogens (tertiary/aromatic N) is 2. The molecule has 9 heteroatoms. The Morgan fingerprint density at radius 1 is 1.21 bits per heavy atom. The van der Waals surface area contributed by atoms with Gasteiger partial charge in [-0.2, -0.15) is 0 Å². The third-order valence-electron chi connectivity index (χ3n) is 4.19. The van der Waals surface area contributed by atoms with E-state index in [1.165, 1.54) is 24.7 Å². The van der Waals surface area contributed by atoms with Crippen molar-refractivity contribution in [2.75, 3.05) is 0 Å². The fraction of sp³-hybridized carbons (Fsp3) is 0.421. The van der Waals surface area contributed by atoms with Gasteiger partial charge in [0.05, 0.1) is 6.33 Å². The van der Waals surface area contributed by atoms with E-state index in [-0.39, 0.29) is 23.9 Å². The molecule has 2 aromatic rings. The fourth-order valence-corrected chi connectivity index (χ4v) is 3.18. The highest BCUT2D eigenvalue weighted by molar-refractivity contribution is 6.30. The Labute approximate surface area is 167 Å². The van der Waals surface area contributed by atoms with E-state index in [0.29, 0.717) is 17.7 Å². The smallest absolute Gasteiger partial charge is 0.321 e. The number of hydrogen-bond donors (Lipinski definition) is 3. The summed E-state index contributed by atoms with van der Waals surface area (Å²) >= 11 is 5.88. The van der Waals surface area contributed by atoms with E-state index in [9.17, 15) is 24.2 Å². The van der Waals surface area contributed by atoms with Crippen molar-refractivity contribution < 1.29 is 24.2 Å². The van der Waals surface area contributed by atoms with E-state index in [0.717, 1.165) is 0 Å². The molecule has 1 aromatic heterocycles. The Hall–Kier alpha value is -2.45. The summed E-state index contributed by atoms with van der Waals surface area (Å²) in [7, 11) is 0. The van der Waals surface area contributed by atoms with Crippen molar-refractivity contribution in [3.05, 3.63) is 52.8 Å². The molecule has 3 N–H and O–H groups in total. The van der Waals surface area contributed by atoms with Gasteiger partial charge < -0.3 is 14.8 Å². The van der Waals surface area contributed by atoms with Gasteiger partial charge in [0, 0.05) is 29.9 Å². The second kappa shape index (κ2) is 9.66. The van der Waals surface area contributed by atoms with Crippen LogP contribution in [0.25, 0.3) is 0 Å². The molecular formula is C19H23ClFN3O4. The first-order chi connectivity index (χ1) is 13.2. The van der Waals surface area contributed by atoms with Gasteiger partial charge in [-0.05, 0) is 36.1 Å². The van der Waals surface area contributed by atoms with Crippen LogP contribution in [-0.2, 0) is 22.6 Å². The standard InChI is InChI=1S/C19H23ClFN3O4/c1-11(2)3-16(18(25)26)23-17(19(27)28)7-15-8-22-10-24(15)9-12-4-13(20)6-14(21)5-12/h4-6,8,10-11,16-17,23H,3,7,9H2,1-2H3,(H,25,26)(H,27,28)/t16-,17-/m0/s1. The molecule has 152 valence electrons. The van der Waals surface area contributed by atoms with Crippen LogP contribution in [0.1, 0.15) is 31.5 Å². The van der Waals surface area contributed by atoms with Gasteiger partial charge in [-0.25, -0.2) is 9.37 Å². The van der Waals surface area contributed by atoms with Crippen LogP contribution in [0.15, 0.2) is 30.7 Å². The molecule has 0 aliphatic heterocycles. The second-order valence-electron chi connectivity index (χ2n) is 7.07. The first-order valence-electron chi connectivity index (χ1n) is 8.81. The third-order valence-corrected chi connectivity index (χ3v) is 4.41. The fourth-order valence-electron chi connectivity index (χ4n) is 2.94. The lowest BCUT2D eigenvalue weighted by Gasteiger charge is -2.22. The lowest BCUT2D eigenvalue weighted by atomic mass is 10.0. The number of nitrogens with one attached hydrogen (secondary N) is 1. The minimum absolute atomic E-state index is 0.0280. The Morgan fingerprint density at radius 2 is 1.89 bits per heavy atom. The maximum absolute atomic E-state index is 13.5. The van der Waals surface area contributed by atoms with Crippen molar-refractivity contribution in [3.8, 4) is 0 Å². The molecule has 0 radical (unpaired) electrons. The lowest BCUT2D eigenvalue weighted by Crippen LogP contribution is -2.49. The van der Waals surface area contributed by atoms with Gasteiger partial charge in [-0.1, -0.05) is 25.4 Å². The Morgan fingerprint density at radius 3 is 2.46 bits per heavy atom. The Bertz CT molecular complexity index is 820. The Kier molecular flexibility index (Phi) is 7.53. The number of hydrogen-bond acceptors (Lipinski definition) is 4. The quantitative estimate of drug-likeness (QED) is 0.555. The molecule has 7 nitrogen and oxygen atoms in total. The van der Waals surface area contributed by atoms with Crippen molar-refractivity contribution in [1.29, 1.82) is 0 Å². The lowest BCUT2D eigenvalue weighted by molar-refractivity contribution is -0.142. The highest BCUT2D eigenvalue weighted by Gasteiger charge is 2.27. The molecule has 0 amide bonds. The molecular weight excluding hydrogens is 389 g/mol. The van der Waals surface area contributed by atoms with Crippen LogP contribution in [0, 0.1) is 11.7 Å². The van der Waals surface area contributed by atoms with Crippen LogP contribution in [0.5, 0.6) is 0 Å². The molecule has 0 bridgehead atoms. The number of imidazole rings is 1. The number of halogens is 2. The van der Waals surface area contributed by atoms with E-state index in [2.05, 4.69) is 10.3 Å². The van der Waals surface area contributed by atoms with Crippen molar-refractivity contribution >= 4 is 23.5 Å². The van der Waals surface area contributed by atoms with Crippen LogP contribution in [0.4, 0.5) is 4.39 Å². The van der Waals surface area contributed by atoms with Crippen molar-refractivity contribution in [2.24, 2.45) is 5.92 Å². The number of aromatic nitrogens is 2. The molecule has 0 spiro atoms. The van der Waals surface area contributed by atoms with Crippen molar-refractivity contribution in [3.63, 3.8) is 0 Å². The summed E-state index contributed by atoms with van der Waals surface area (Å²) in [6, 6.07) is 2.08. The number of benzene rings is 1. The zero-order valence-corrected chi connectivity index (χ0v) is 16.4. The van der Waals surface area contributed by atoms with Crippen molar-refractivity contribution in [1.82, 2.24) is 14.9 Å². The average molecular weight is 412 g/mol. The molecule has 0 aliphatic carbocycles. The largest absolute Gasteiger partial charge is 0.480 e. The monoisotopic (exact) mass is 411 g/mol. The van der Waals surface area contributed by atoms with Gasteiger partial charge >= 0.3 is 11.9 Å². The molecule has 0 unspecified atom stereocenters. The summed E-state index contributed by atoms with van der Waals surface area (Å²) in [6.07, 6.45) is 3.35. The Balaban J connectivity index is 2.17. The maximum Gasteiger partial charge on any atom is 0.321 e. The first-order valence-corrected chi connectivity index (χ1v) is 9.19. The van der Waals surface area contributed by atoms with E-state index < -0.39 is 29.8 Å². The zero-order chi connectivity index (χ0) is 20.8. The molecule has 0 aliphatic rings. The maximum atomic E-state index is 13.5. The highest BCUT2D eigenvalue weighted by Crippen LogP contribution is 2.17. The van der Waals surface area contributed by atoms with Gasteiger partial charge in [0.1, 0.15) is 17.9 Å². The SMILES string of the molecule is CC(C)C[C@H](N[C@@H](Cc1cncn1Cc1cc(F)cc(Cl)c1)C(=O)O)C(=O)O. The van der Waals surface area contributed by atoms with E-state index in [1.54, 1.807) is 10.6 Å². The molecule has 2 atom stereocenters. The molecule has 0 saturated heterocycles. The zero-order valence-electron chi connectivity index (χ0n) is 15.6. The summed E-state index contributed by atoms with van der Waals surface area (Å²) in [5, 5.41) is 21.9. The molecule has 2 rings (SSSR count). The van der Waals surface area contributed by atoms with E-state index in [1.807, 2.05) is 13.8 Å². The summed E-state index contributed by atoms with van der Waals surface area (Å²) in [5.41, 5.74) is 1.18. The van der Waals surface area contributed by atoms with Crippen LogP contribution in [0.2, 0.25) is 5.02 Å².